The Bertz CT molecular complexity index is 326. The highest BCUT2D eigenvalue weighted by atomic mass is 16.5. The van der Waals surface area contributed by atoms with Gasteiger partial charge in [0.2, 0.25) is 0 Å². The molecule has 1 rings (SSSR count). The molecule has 17 heavy (non-hydrogen) atoms. The molecule has 2 N–H and O–H groups in total. The van der Waals surface area contributed by atoms with Gasteiger partial charge in [0.25, 0.3) is 0 Å². The molecule has 1 aromatic carbocycles. The molecule has 0 radical (unpaired) electrons. The Balaban J connectivity index is 2.39. The zero-order valence-electron chi connectivity index (χ0n) is 10.9. The van der Waals surface area contributed by atoms with E-state index in [1.165, 1.54) is 5.56 Å². The van der Waals surface area contributed by atoms with Crippen molar-refractivity contribution in [1.82, 2.24) is 5.32 Å². The predicted octanol–water partition coefficient (Wildman–Crippen LogP) is 1.99. The lowest BCUT2D eigenvalue weighted by Crippen LogP contribution is -2.35. The minimum Gasteiger partial charge on any atom is -0.491 e. The number of para-hydroxylation sites is 1. The summed E-state index contributed by atoms with van der Waals surface area (Å²) >= 11 is 0. The maximum Gasteiger partial charge on any atom is 0.122 e. The van der Waals surface area contributed by atoms with Gasteiger partial charge < -0.3 is 15.2 Å². The molecule has 0 aliphatic heterocycles. The van der Waals surface area contributed by atoms with Gasteiger partial charge in [0, 0.05) is 12.6 Å². The first-order valence-corrected chi connectivity index (χ1v) is 6.25. The normalized spacial score (nSPS) is 12.8. The zero-order chi connectivity index (χ0) is 12.7. The molecule has 0 spiro atoms. The Labute approximate surface area is 104 Å². The highest BCUT2D eigenvalue weighted by Crippen LogP contribution is 2.18. The molecule has 0 amide bonds. The third-order valence-electron chi connectivity index (χ3n) is 2.55. The van der Waals surface area contributed by atoms with Crippen molar-refractivity contribution in [3.8, 4) is 5.75 Å². The molecule has 0 saturated heterocycles. The van der Waals surface area contributed by atoms with Crippen molar-refractivity contribution in [3.05, 3.63) is 29.8 Å². The van der Waals surface area contributed by atoms with Crippen LogP contribution in [0.4, 0.5) is 0 Å². The quantitative estimate of drug-likeness (QED) is 0.762. The second-order valence-corrected chi connectivity index (χ2v) is 4.49. The van der Waals surface area contributed by atoms with Crippen LogP contribution in [0.5, 0.6) is 5.75 Å². The van der Waals surface area contributed by atoms with Crippen LogP contribution in [0.1, 0.15) is 26.3 Å². The average molecular weight is 237 g/mol. The number of ether oxygens (including phenoxy) is 1. The van der Waals surface area contributed by atoms with E-state index >= 15 is 0 Å². The number of rotatable bonds is 7. The molecule has 0 unspecified atom stereocenters. The molecule has 0 saturated carbocycles. The molecule has 0 fully saturated rings. The van der Waals surface area contributed by atoms with Gasteiger partial charge in [-0.1, -0.05) is 39.0 Å². The van der Waals surface area contributed by atoms with Gasteiger partial charge in [0.15, 0.2) is 0 Å². The Morgan fingerprint density at radius 3 is 2.65 bits per heavy atom. The molecule has 1 aromatic rings. The molecule has 0 heterocycles. The smallest absolute Gasteiger partial charge is 0.122 e. The summed E-state index contributed by atoms with van der Waals surface area (Å²) in [5.41, 5.74) is 1.18. The summed E-state index contributed by atoms with van der Waals surface area (Å²) in [5, 5.41) is 12.9. The fraction of sp³-hybridized carbons (Fsp3) is 0.571. The standard InChI is InChI=1S/C14H23NO2/c1-4-12-7-5-6-8-14(12)17-10-13(16)9-15-11(2)3/h5-8,11,13,15-16H,4,9-10H2,1-3H3/t13-/m0/s1. The number of hydrogen-bond donors (Lipinski definition) is 2. The fourth-order valence-corrected chi connectivity index (χ4v) is 1.55. The van der Waals surface area contributed by atoms with Crippen molar-refractivity contribution in [2.45, 2.75) is 39.3 Å². The summed E-state index contributed by atoms with van der Waals surface area (Å²) in [4.78, 5) is 0. The van der Waals surface area contributed by atoms with Gasteiger partial charge in [-0.3, -0.25) is 0 Å². The molecular formula is C14H23NO2. The van der Waals surface area contributed by atoms with Crippen LogP contribution in [0, 0.1) is 0 Å². The van der Waals surface area contributed by atoms with Gasteiger partial charge in [-0.25, -0.2) is 0 Å². The van der Waals surface area contributed by atoms with E-state index in [1.54, 1.807) is 0 Å². The van der Waals surface area contributed by atoms with Gasteiger partial charge in [-0.2, -0.15) is 0 Å². The third-order valence-corrected chi connectivity index (χ3v) is 2.55. The highest BCUT2D eigenvalue weighted by molar-refractivity contribution is 5.33. The Hall–Kier alpha value is -1.06. The monoisotopic (exact) mass is 237 g/mol. The molecule has 3 heteroatoms. The van der Waals surface area contributed by atoms with E-state index in [0.29, 0.717) is 19.2 Å². The number of aryl methyl sites for hydroxylation is 1. The lowest BCUT2D eigenvalue weighted by Gasteiger charge is -2.16. The first kappa shape index (κ1) is 14.0. The average Bonchev–Trinajstić information content (AvgIpc) is 2.34. The first-order chi connectivity index (χ1) is 8.13. The van der Waals surface area contributed by atoms with E-state index in [9.17, 15) is 5.11 Å². The van der Waals surface area contributed by atoms with Crippen molar-refractivity contribution < 1.29 is 9.84 Å². The lowest BCUT2D eigenvalue weighted by molar-refractivity contribution is 0.104. The van der Waals surface area contributed by atoms with Crippen LogP contribution < -0.4 is 10.1 Å². The Morgan fingerprint density at radius 2 is 2.00 bits per heavy atom. The Morgan fingerprint density at radius 1 is 1.29 bits per heavy atom. The van der Waals surface area contributed by atoms with Crippen LogP contribution in [-0.4, -0.2) is 30.4 Å². The third kappa shape index (κ3) is 5.20. The van der Waals surface area contributed by atoms with E-state index in [0.717, 1.165) is 12.2 Å². The number of aliphatic hydroxyl groups is 1. The number of hydrogen-bond acceptors (Lipinski definition) is 3. The van der Waals surface area contributed by atoms with Crippen LogP contribution >= 0.6 is 0 Å². The molecule has 1 atom stereocenters. The minimum atomic E-state index is -0.470. The van der Waals surface area contributed by atoms with Gasteiger partial charge >= 0.3 is 0 Å². The van der Waals surface area contributed by atoms with E-state index in [1.807, 2.05) is 24.3 Å². The molecule has 3 nitrogen and oxygen atoms in total. The van der Waals surface area contributed by atoms with E-state index in [4.69, 9.17) is 4.74 Å². The van der Waals surface area contributed by atoms with Crippen LogP contribution in [0.3, 0.4) is 0 Å². The molecule has 0 bridgehead atoms. The number of aliphatic hydroxyl groups excluding tert-OH is 1. The first-order valence-electron chi connectivity index (χ1n) is 6.25. The number of benzene rings is 1. The molecule has 0 aromatic heterocycles. The zero-order valence-corrected chi connectivity index (χ0v) is 10.9. The van der Waals surface area contributed by atoms with Crippen molar-refractivity contribution in [1.29, 1.82) is 0 Å². The van der Waals surface area contributed by atoms with Crippen molar-refractivity contribution in [3.63, 3.8) is 0 Å². The second-order valence-electron chi connectivity index (χ2n) is 4.49. The van der Waals surface area contributed by atoms with Crippen LogP contribution in [-0.2, 0) is 6.42 Å². The second kappa shape index (κ2) is 7.30. The maximum atomic E-state index is 9.74. The Kier molecular flexibility index (Phi) is 6.01. The maximum absolute atomic E-state index is 9.74. The van der Waals surface area contributed by atoms with E-state index in [-0.39, 0.29) is 0 Å². The van der Waals surface area contributed by atoms with Crippen LogP contribution in [0.2, 0.25) is 0 Å². The summed E-state index contributed by atoms with van der Waals surface area (Å²) in [6, 6.07) is 8.33. The highest BCUT2D eigenvalue weighted by Gasteiger charge is 2.07. The van der Waals surface area contributed by atoms with Crippen LogP contribution in [0.15, 0.2) is 24.3 Å². The van der Waals surface area contributed by atoms with Gasteiger partial charge in [-0.05, 0) is 18.1 Å². The topological polar surface area (TPSA) is 41.5 Å². The lowest BCUT2D eigenvalue weighted by atomic mass is 10.1. The minimum absolute atomic E-state index is 0.330. The molecular weight excluding hydrogens is 214 g/mol. The van der Waals surface area contributed by atoms with E-state index < -0.39 is 6.10 Å². The van der Waals surface area contributed by atoms with Crippen molar-refractivity contribution >= 4 is 0 Å². The molecule has 0 aliphatic carbocycles. The van der Waals surface area contributed by atoms with Gasteiger partial charge in [-0.15, -0.1) is 0 Å². The largest absolute Gasteiger partial charge is 0.491 e. The van der Waals surface area contributed by atoms with Crippen molar-refractivity contribution in [2.24, 2.45) is 0 Å². The predicted molar refractivity (Wildman–Crippen MR) is 70.5 cm³/mol. The molecule has 0 aliphatic rings. The van der Waals surface area contributed by atoms with Gasteiger partial charge in [0.05, 0.1) is 0 Å². The summed E-state index contributed by atoms with van der Waals surface area (Å²) in [5.74, 6) is 0.874. The van der Waals surface area contributed by atoms with Gasteiger partial charge in [0.1, 0.15) is 18.5 Å². The van der Waals surface area contributed by atoms with E-state index in [2.05, 4.69) is 26.1 Å². The SMILES string of the molecule is CCc1ccccc1OC[C@@H](O)CNC(C)C. The fourth-order valence-electron chi connectivity index (χ4n) is 1.55. The summed E-state index contributed by atoms with van der Waals surface area (Å²) < 4.78 is 5.63. The van der Waals surface area contributed by atoms with Crippen molar-refractivity contribution in [2.75, 3.05) is 13.2 Å². The number of nitrogens with one attached hydrogen (secondary N) is 1. The summed E-state index contributed by atoms with van der Waals surface area (Å²) in [6.07, 6.45) is 0.471. The summed E-state index contributed by atoms with van der Waals surface area (Å²) in [7, 11) is 0. The molecule has 96 valence electrons. The summed E-state index contributed by atoms with van der Waals surface area (Å²) in [6.45, 7) is 7.10. The van der Waals surface area contributed by atoms with Crippen LogP contribution in [0.25, 0.3) is 0 Å².